The van der Waals surface area contributed by atoms with Crippen LogP contribution < -0.4 is 10.1 Å². The number of methoxy groups -OCH3 is 1. The highest BCUT2D eigenvalue weighted by Gasteiger charge is 2.31. The molecular formula is C16H14F2N2O5. The highest BCUT2D eigenvalue weighted by molar-refractivity contribution is 6.40. The van der Waals surface area contributed by atoms with Crippen LogP contribution in [0.1, 0.15) is 26.5 Å². The summed E-state index contributed by atoms with van der Waals surface area (Å²) in [6.07, 6.45) is 0. The van der Waals surface area contributed by atoms with Crippen LogP contribution in [0, 0.1) is 18.6 Å². The Kier molecular flexibility index (Phi) is 4.87. The predicted molar refractivity (Wildman–Crippen MR) is 83.0 cm³/mol. The Morgan fingerprint density at radius 2 is 1.84 bits per heavy atom. The number of aromatic nitrogens is 1. The Balaban J connectivity index is 2.49. The number of amides is 1. The van der Waals surface area contributed by atoms with Crippen LogP contribution in [0.2, 0.25) is 0 Å². The summed E-state index contributed by atoms with van der Waals surface area (Å²) in [5.41, 5.74) is -0.135. The summed E-state index contributed by atoms with van der Waals surface area (Å²) in [6, 6.07) is 2.80. The topological polar surface area (TPSA) is 97.6 Å². The fourth-order valence-corrected chi connectivity index (χ4v) is 2.36. The Bertz CT molecular complexity index is 889. The van der Waals surface area contributed by atoms with Crippen molar-refractivity contribution in [2.75, 3.05) is 12.4 Å². The first-order chi connectivity index (χ1) is 11.7. The zero-order valence-electron chi connectivity index (χ0n) is 13.5. The van der Waals surface area contributed by atoms with E-state index in [1.165, 1.54) is 25.6 Å². The number of nitrogens with zero attached hydrogens (tertiary/aromatic N) is 1. The average molecular weight is 352 g/mol. The van der Waals surface area contributed by atoms with E-state index in [0.717, 1.165) is 18.2 Å². The van der Waals surface area contributed by atoms with Crippen molar-refractivity contribution in [2.45, 2.75) is 6.92 Å². The van der Waals surface area contributed by atoms with Crippen LogP contribution in [0.3, 0.4) is 0 Å². The number of aliphatic carboxylic acids is 1. The van der Waals surface area contributed by atoms with Crippen molar-refractivity contribution in [3.63, 3.8) is 0 Å². The van der Waals surface area contributed by atoms with Crippen molar-refractivity contribution in [3.8, 4) is 5.75 Å². The van der Waals surface area contributed by atoms with Gasteiger partial charge >= 0.3 is 5.97 Å². The first-order valence-corrected chi connectivity index (χ1v) is 6.96. The summed E-state index contributed by atoms with van der Waals surface area (Å²) >= 11 is 0. The predicted octanol–water partition coefficient (Wildman–Crippen LogP) is 2.14. The minimum absolute atomic E-state index is 0.0136. The highest BCUT2D eigenvalue weighted by atomic mass is 19.2. The lowest BCUT2D eigenvalue weighted by Gasteiger charge is -2.07. The first-order valence-electron chi connectivity index (χ1n) is 6.96. The number of benzene rings is 1. The molecule has 1 aromatic carbocycles. The molecule has 1 heterocycles. The number of anilines is 1. The molecule has 0 fully saturated rings. The molecule has 1 amide bonds. The molecule has 0 saturated carbocycles. The van der Waals surface area contributed by atoms with Crippen molar-refractivity contribution >= 4 is 23.3 Å². The molecule has 0 saturated heterocycles. The van der Waals surface area contributed by atoms with Gasteiger partial charge in [0, 0.05) is 24.5 Å². The molecule has 9 heteroatoms. The van der Waals surface area contributed by atoms with E-state index in [2.05, 4.69) is 5.32 Å². The molecule has 0 aliphatic rings. The smallest absolute Gasteiger partial charge is 0.379 e. The Morgan fingerprint density at radius 3 is 2.36 bits per heavy atom. The lowest BCUT2D eigenvalue weighted by Crippen LogP contribution is -2.17. The maximum atomic E-state index is 13.3. The number of carbonyl (C=O) groups excluding carboxylic acids is 2. The molecule has 0 aliphatic carbocycles. The Labute approximate surface area is 140 Å². The first kappa shape index (κ1) is 18.1. The van der Waals surface area contributed by atoms with Gasteiger partial charge in [0.25, 0.3) is 11.7 Å². The fraction of sp³-hybridized carbons (Fsp3) is 0.188. The summed E-state index contributed by atoms with van der Waals surface area (Å²) in [6.45, 7) is 1.49. The summed E-state index contributed by atoms with van der Waals surface area (Å²) in [5, 5.41) is 11.3. The van der Waals surface area contributed by atoms with E-state index in [9.17, 15) is 23.2 Å². The molecule has 2 N–H and O–H groups in total. The Morgan fingerprint density at radius 1 is 1.20 bits per heavy atom. The second-order valence-corrected chi connectivity index (χ2v) is 5.12. The van der Waals surface area contributed by atoms with Crippen LogP contribution in [0.25, 0.3) is 0 Å². The normalized spacial score (nSPS) is 10.4. The number of rotatable bonds is 5. The SMILES string of the molecule is COc1c(C(=O)Nc2ccc(F)c(F)c2)c(C)n(C)c1C(=O)C(=O)O. The van der Waals surface area contributed by atoms with Crippen molar-refractivity contribution in [2.24, 2.45) is 7.05 Å². The quantitative estimate of drug-likeness (QED) is 0.635. The molecule has 132 valence electrons. The van der Waals surface area contributed by atoms with E-state index in [0.29, 0.717) is 0 Å². The number of carbonyl (C=O) groups is 3. The lowest BCUT2D eigenvalue weighted by atomic mass is 10.1. The number of hydrogen-bond donors (Lipinski definition) is 2. The molecule has 2 rings (SSSR count). The molecule has 0 radical (unpaired) electrons. The van der Waals surface area contributed by atoms with E-state index in [-0.39, 0.29) is 28.4 Å². The Hall–Kier alpha value is -3.23. The minimum Gasteiger partial charge on any atom is -0.493 e. The van der Waals surface area contributed by atoms with Gasteiger partial charge in [-0.3, -0.25) is 9.59 Å². The number of halogens is 2. The van der Waals surface area contributed by atoms with Crippen molar-refractivity contribution in [1.82, 2.24) is 4.57 Å². The molecule has 0 unspecified atom stereocenters. The molecule has 0 spiro atoms. The van der Waals surface area contributed by atoms with E-state index >= 15 is 0 Å². The van der Waals surface area contributed by atoms with Gasteiger partial charge in [-0.2, -0.15) is 0 Å². The van der Waals surface area contributed by atoms with Crippen molar-refractivity contribution in [3.05, 3.63) is 46.8 Å². The summed E-state index contributed by atoms with van der Waals surface area (Å²) in [4.78, 5) is 35.3. The van der Waals surface area contributed by atoms with Gasteiger partial charge in [0.2, 0.25) is 0 Å². The number of ketones is 1. The lowest BCUT2D eigenvalue weighted by molar-refractivity contribution is -0.131. The number of carboxylic acid groups (broad SMARTS) is 1. The molecular weight excluding hydrogens is 338 g/mol. The largest absolute Gasteiger partial charge is 0.493 e. The van der Waals surface area contributed by atoms with Gasteiger partial charge in [-0.25, -0.2) is 13.6 Å². The maximum absolute atomic E-state index is 13.3. The van der Waals surface area contributed by atoms with Gasteiger partial charge < -0.3 is 19.7 Å². The standard InChI is InChI=1S/C16H14F2N2O5/c1-7-11(14(25-3)12(20(7)2)13(21)16(23)24)15(22)19-8-4-5-9(17)10(18)6-8/h4-6H,1-3H3,(H,19,22)(H,23,24). The van der Waals surface area contributed by atoms with E-state index in [1.807, 2.05) is 0 Å². The number of carboxylic acids is 1. The molecule has 1 aromatic heterocycles. The van der Waals surface area contributed by atoms with Crippen LogP contribution in [-0.2, 0) is 11.8 Å². The average Bonchev–Trinajstić information content (AvgIpc) is 2.81. The van der Waals surface area contributed by atoms with E-state index < -0.39 is 29.3 Å². The number of ether oxygens (including phenoxy) is 1. The van der Waals surface area contributed by atoms with Crippen LogP contribution >= 0.6 is 0 Å². The number of hydrogen-bond acceptors (Lipinski definition) is 4. The van der Waals surface area contributed by atoms with Crippen LogP contribution in [-0.4, -0.2) is 34.4 Å². The van der Waals surface area contributed by atoms with E-state index in [4.69, 9.17) is 9.84 Å². The van der Waals surface area contributed by atoms with E-state index in [1.54, 1.807) is 0 Å². The van der Waals surface area contributed by atoms with Gasteiger partial charge in [0.15, 0.2) is 17.4 Å². The third kappa shape index (κ3) is 3.21. The maximum Gasteiger partial charge on any atom is 0.379 e. The minimum atomic E-state index is -1.70. The van der Waals surface area contributed by atoms with Crippen LogP contribution in [0.4, 0.5) is 14.5 Å². The zero-order valence-corrected chi connectivity index (χ0v) is 13.5. The molecule has 2 aromatic rings. The zero-order chi connectivity index (χ0) is 18.9. The number of nitrogens with one attached hydrogen (secondary N) is 1. The fourth-order valence-electron chi connectivity index (χ4n) is 2.36. The second-order valence-electron chi connectivity index (χ2n) is 5.12. The number of Topliss-reactive ketones (excluding diaryl/α,β-unsaturated/α-hetero) is 1. The summed E-state index contributed by atoms with van der Waals surface area (Å²) in [7, 11) is 2.59. The summed E-state index contributed by atoms with van der Waals surface area (Å²) in [5.74, 6) is -6.13. The van der Waals surface area contributed by atoms with Gasteiger partial charge in [-0.1, -0.05) is 0 Å². The molecule has 0 atom stereocenters. The third-order valence-electron chi connectivity index (χ3n) is 3.66. The van der Waals surface area contributed by atoms with Crippen molar-refractivity contribution < 1.29 is 33.0 Å². The third-order valence-corrected chi connectivity index (χ3v) is 3.66. The van der Waals surface area contributed by atoms with Gasteiger partial charge in [-0.15, -0.1) is 0 Å². The van der Waals surface area contributed by atoms with Crippen LogP contribution in [0.15, 0.2) is 18.2 Å². The highest BCUT2D eigenvalue weighted by Crippen LogP contribution is 2.31. The van der Waals surface area contributed by atoms with Crippen LogP contribution in [0.5, 0.6) is 5.75 Å². The second kappa shape index (κ2) is 6.71. The van der Waals surface area contributed by atoms with Crippen molar-refractivity contribution in [1.29, 1.82) is 0 Å². The summed E-state index contributed by atoms with van der Waals surface area (Å²) < 4.78 is 32.5. The molecule has 7 nitrogen and oxygen atoms in total. The van der Waals surface area contributed by atoms with Gasteiger partial charge in [0.05, 0.1) is 7.11 Å². The molecule has 25 heavy (non-hydrogen) atoms. The molecule has 0 aliphatic heterocycles. The van der Waals surface area contributed by atoms with Gasteiger partial charge in [-0.05, 0) is 19.1 Å². The monoisotopic (exact) mass is 352 g/mol. The van der Waals surface area contributed by atoms with Gasteiger partial charge in [0.1, 0.15) is 11.3 Å². The molecule has 0 bridgehead atoms.